The number of allylic oxidation sites excluding steroid dienone is 1. The monoisotopic (exact) mass is 415 g/mol. The van der Waals surface area contributed by atoms with Crippen molar-refractivity contribution in [3.05, 3.63) is 64.8 Å². The van der Waals surface area contributed by atoms with E-state index < -0.39 is 0 Å². The molecule has 2 aromatic rings. The summed E-state index contributed by atoms with van der Waals surface area (Å²) in [5.74, 6) is 2.27. The van der Waals surface area contributed by atoms with Crippen molar-refractivity contribution in [2.45, 2.75) is 45.1 Å². The highest BCUT2D eigenvalue weighted by molar-refractivity contribution is 6.10. The van der Waals surface area contributed by atoms with Crippen LogP contribution in [-0.4, -0.2) is 45.3 Å². The van der Waals surface area contributed by atoms with Crippen molar-refractivity contribution in [1.29, 1.82) is 0 Å². The lowest BCUT2D eigenvalue weighted by Crippen LogP contribution is -2.36. The van der Waals surface area contributed by atoms with Gasteiger partial charge >= 0.3 is 0 Å². The Hall–Kier alpha value is -3.19. The number of aromatic nitrogens is 2. The molecule has 0 radical (unpaired) electrons. The van der Waals surface area contributed by atoms with Gasteiger partial charge in [0.2, 0.25) is 5.91 Å². The summed E-state index contributed by atoms with van der Waals surface area (Å²) in [5, 5.41) is 0. The van der Waals surface area contributed by atoms with E-state index in [1.54, 1.807) is 0 Å². The van der Waals surface area contributed by atoms with Crippen LogP contribution in [-0.2, 0) is 16.1 Å². The first-order chi connectivity index (χ1) is 15.1. The molecule has 1 saturated carbocycles. The van der Waals surface area contributed by atoms with Gasteiger partial charge in [-0.15, -0.1) is 5.48 Å². The highest BCUT2D eigenvalue weighted by Gasteiger charge is 2.33. The second-order valence-corrected chi connectivity index (χ2v) is 8.76. The lowest BCUT2D eigenvalue weighted by Gasteiger charge is -2.33. The Balaban J connectivity index is 1.49. The highest BCUT2D eigenvalue weighted by atomic mass is 16.7. The largest absolute Gasteiger partial charge is 0.408 e. The van der Waals surface area contributed by atoms with Gasteiger partial charge in [-0.25, -0.2) is 4.98 Å². The normalized spacial score (nSPS) is 23.1. The quantitative estimate of drug-likeness (QED) is 0.818. The number of hydroxylamine groups is 1. The van der Waals surface area contributed by atoms with Gasteiger partial charge < -0.3 is 9.74 Å². The van der Waals surface area contributed by atoms with Crippen LogP contribution in [0.15, 0.2) is 47.4 Å². The number of benzene rings is 1. The van der Waals surface area contributed by atoms with Crippen LogP contribution in [0.25, 0.3) is 11.5 Å². The molecule has 1 aromatic heterocycles. The first-order valence-corrected chi connectivity index (χ1v) is 11.0. The number of amides is 1. The molecule has 0 bridgehead atoms. The number of hydrogen-bond acceptors (Lipinski definition) is 5. The van der Waals surface area contributed by atoms with E-state index in [2.05, 4.69) is 48.7 Å². The Labute approximate surface area is 181 Å². The molecule has 1 atom stereocenters. The van der Waals surface area contributed by atoms with Crippen molar-refractivity contribution in [2.75, 3.05) is 13.1 Å². The van der Waals surface area contributed by atoms with Gasteiger partial charge in [0.15, 0.2) is 5.76 Å². The van der Waals surface area contributed by atoms with Crippen molar-refractivity contribution in [3.63, 3.8) is 0 Å². The van der Waals surface area contributed by atoms with Gasteiger partial charge in [0.05, 0.1) is 17.4 Å². The van der Waals surface area contributed by atoms with Crippen molar-refractivity contribution in [1.82, 2.24) is 19.9 Å². The van der Waals surface area contributed by atoms with Crippen LogP contribution < -0.4 is 5.48 Å². The van der Waals surface area contributed by atoms with E-state index in [9.17, 15) is 4.79 Å². The van der Waals surface area contributed by atoms with E-state index in [0.29, 0.717) is 12.5 Å². The molecule has 1 aliphatic carbocycles. The predicted molar refractivity (Wildman–Crippen MR) is 118 cm³/mol. The van der Waals surface area contributed by atoms with Crippen molar-refractivity contribution < 1.29 is 9.63 Å². The fraction of sp³-hybridized carbons (Fsp3) is 0.375. The van der Waals surface area contributed by atoms with E-state index in [-0.39, 0.29) is 18.5 Å². The number of carbonyl (C=O) groups excluding carboxylic acids is 1. The third kappa shape index (κ3) is 3.03. The molecule has 158 valence electrons. The first kappa shape index (κ1) is 18.6. The molecule has 1 fully saturated rings. The topological polar surface area (TPSA) is 71.8 Å². The summed E-state index contributed by atoms with van der Waals surface area (Å²) in [6.45, 7) is 4.92. The van der Waals surface area contributed by atoms with Gasteiger partial charge in [-0.2, -0.15) is 0 Å². The fourth-order valence-electron chi connectivity index (χ4n) is 4.81. The molecule has 31 heavy (non-hydrogen) atoms. The summed E-state index contributed by atoms with van der Waals surface area (Å²) in [6.07, 6.45) is 9.20. The van der Waals surface area contributed by atoms with Gasteiger partial charge in [-0.3, -0.25) is 14.4 Å². The minimum atomic E-state index is 0.0366. The minimum absolute atomic E-state index is 0.0366. The Morgan fingerprint density at radius 1 is 1.23 bits per heavy atom. The van der Waals surface area contributed by atoms with Crippen LogP contribution in [0.3, 0.4) is 0 Å². The van der Waals surface area contributed by atoms with E-state index in [0.717, 1.165) is 46.1 Å². The number of hydrogen-bond donors (Lipinski definition) is 1. The molecule has 7 heteroatoms. The lowest BCUT2D eigenvalue weighted by atomic mass is 9.89. The Morgan fingerprint density at radius 2 is 2.06 bits per heavy atom. The first-order valence-electron chi connectivity index (χ1n) is 11.0. The number of imidazole rings is 1. The zero-order valence-electron chi connectivity index (χ0n) is 17.8. The number of nitrogens with one attached hydrogen (secondary N) is 1. The molecule has 1 amide bonds. The number of aliphatic imine (C=N–C) groups is 1. The van der Waals surface area contributed by atoms with Gasteiger partial charge in [-0.05, 0) is 44.7 Å². The summed E-state index contributed by atoms with van der Waals surface area (Å²) >= 11 is 0. The van der Waals surface area contributed by atoms with Crippen molar-refractivity contribution in [3.8, 4) is 0 Å². The molecule has 1 N–H and O–H groups in total. The summed E-state index contributed by atoms with van der Waals surface area (Å²) in [4.78, 5) is 29.9. The van der Waals surface area contributed by atoms with Crippen LogP contribution in [0.1, 0.15) is 55.0 Å². The second-order valence-electron chi connectivity index (χ2n) is 8.76. The van der Waals surface area contributed by atoms with E-state index in [1.807, 2.05) is 21.9 Å². The summed E-state index contributed by atoms with van der Waals surface area (Å²) in [7, 11) is 0. The van der Waals surface area contributed by atoms with Gasteiger partial charge in [-0.1, -0.05) is 18.2 Å². The Bertz CT molecular complexity index is 1180. The SMILES string of the molecule is CC1=C2c3cccc(C4=CC(C)NO4)c3CCN2C(=O)CN=C1n1cnc(C2CC2)c1. The van der Waals surface area contributed by atoms with E-state index in [1.165, 1.54) is 18.4 Å². The Kier molecular flexibility index (Phi) is 4.14. The predicted octanol–water partition coefficient (Wildman–Crippen LogP) is 3.10. The minimum Gasteiger partial charge on any atom is -0.408 e. The zero-order chi connectivity index (χ0) is 21.1. The molecule has 4 aliphatic rings. The second kappa shape index (κ2) is 6.92. The lowest BCUT2D eigenvalue weighted by molar-refractivity contribution is -0.126. The maximum absolute atomic E-state index is 13.0. The Morgan fingerprint density at radius 3 is 2.84 bits per heavy atom. The number of rotatable bonds is 2. The van der Waals surface area contributed by atoms with Crippen LogP contribution >= 0.6 is 0 Å². The molecular weight excluding hydrogens is 390 g/mol. The standard InChI is InChI=1S/C24H25N5O2/c1-14-10-21(31-27-14)18-4-3-5-19-17(18)8-9-29-22(30)11-25-24(15(2)23(19)29)28-12-20(26-13-28)16-6-7-16/h3-5,10,12-14,16,27H,6-9,11H2,1-2H3. The molecule has 4 heterocycles. The smallest absolute Gasteiger partial charge is 0.248 e. The maximum atomic E-state index is 13.0. The van der Waals surface area contributed by atoms with Crippen molar-refractivity contribution >= 4 is 23.2 Å². The molecule has 1 unspecified atom stereocenters. The molecule has 7 nitrogen and oxygen atoms in total. The average molecular weight is 415 g/mol. The van der Waals surface area contributed by atoms with E-state index >= 15 is 0 Å². The van der Waals surface area contributed by atoms with Crippen LogP contribution in [0.2, 0.25) is 0 Å². The fourth-order valence-corrected chi connectivity index (χ4v) is 4.81. The summed E-state index contributed by atoms with van der Waals surface area (Å²) < 4.78 is 1.99. The molecule has 0 saturated heterocycles. The van der Waals surface area contributed by atoms with Gasteiger partial charge in [0, 0.05) is 35.4 Å². The summed E-state index contributed by atoms with van der Waals surface area (Å²) in [6, 6.07) is 6.42. The third-order valence-electron chi connectivity index (χ3n) is 6.51. The molecule has 3 aliphatic heterocycles. The van der Waals surface area contributed by atoms with Gasteiger partial charge in [0.1, 0.15) is 18.7 Å². The van der Waals surface area contributed by atoms with E-state index in [4.69, 9.17) is 9.83 Å². The van der Waals surface area contributed by atoms with Crippen LogP contribution in [0.4, 0.5) is 0 Å². The molecular formula is C24H25N5O2. The van der Waals surface area contributed by atoms with Crippen LogP contribution in [0, 0.1) is 0 Å². The number of carbonyl (C=O) groups is 1. The van der Waals surface area contributed by atoms with Gasteiger partial charge in [0.25, 0.3) is 0 Å². The third-order valence-corrected chi connectivity index (χ3v) is 6.51. The maximum Gasteiger partial charge on any atom is 0.248 e. The highest BCUT2D eigenvalue weighted by Crippen LogP contribution is 2.40. The summed E-state index contributed by atoms with van der Waals surface area (Å²) in [5.41, 5.74) is 9.45. The molecule has 1 aromatic carbocycles. The van der Waals surface area contributed by atoms with Crippen molar-refractivity contribution in [2.24, 2.45) is 4.99 Å². The van der Waals surface area contributed by atoms with Crippen LogP contribution in [0.5, 0.6) is 0 Å². The average Bonchev–Trinajstić information content (AvgIpc) is 3.39. The molecule has 6 rings (SSSR count). The zero-order valence-corrected chi connectivity index (χ0v) is 17.8. The number of nitrogens with zero attached hydrogens (tertiary/aromatic N) is 4. The number of fused-ring (bicyclic) bond motifs is 3. The molecule has 0 spiro atoms.